The maximum atomic E-state index is 14.2. The SMILES string of the molecule is C#CCNC(=O)c1ccccc1NC(=O)C1CC(=O)N(c2ccc(C)cc2F)C1. The summed E-state index contributed by atoms with van der Waals surface area (Å²) in [6.07, 6.45) is 5.11. The van der Waals surface area contributed by atoms with Gasteiger partial charge in [0.05, 0.1) is 29.4 Å². The molecule has 1 heterocycles. The topological polar surface area (TPSA) is 78.5 Å². The third kappa shape index (κ3) is 4.43. The summed E-state index contributed by atoms with van der Waals surface area (Å²) < 4.78 is 14.2. The van der Waals surface area contributed by atoms with Crippen LogP contribution in [0.15, 0.2) is 42.5 Å². The molecule has 6 nitrogen and oxygen atoms in total. The summed E-state index contributed by atoms with van der Waals surface area (Å²) in [5.41, 5.74) is 1.48. The average Bonchev–Trinajstić information content (AvgIpc) is 3.08. The van der Waals surface area contributed by atoms with Gasteiger partial charge >= 0.3 is 0 Å². The van der Waals surface area contributed by atoms with E-state index in [1.807, 2.05) is 0 Å². The van der Waals surface area contributed by atoms with E-state index in [1.54, 1.807) is 37.3 Å². The molecule has 0 spiro atoms. The molecule has 1 unspecified atom stereocenters. The molecule has 0 saturated carbocycles. The van der Waals surface area contributed by atoms with Crippen molar-refractivity contribution in [2.24, 2.45) is 5.92 Å². The molecule has 2 aromatic carbocycles. The summed E-state index contributed by atoms with van der Waals surface area (Å²) in [5, 5.41) is 5.25. The minimum Gasteiger partial charge on any atom is -0.341 e. The molecule has 0 aromatic heterocycles. The van der Waals surface area contributed by atoms with Gasteiger partial charge in [0, 0.05) is 13.0 Å². The van der Waals surface area contributed by atoms with E-state index in [0.29, 0.717) is 5.69 Å². The minimum atomic E-state index is -0.662. The van der Waals surface area contributed by atoms with Gasteiger partial charge in [-0.15, -0.1) is 6.42 Å². The van der Waals surface area contributed by atoms with Crippen molar-refractivity contribution < 1.29 is 18.8 Å². The summed E-state index contributed by atoms with van der Waals surface area (Å²) in [7, 11) is 0. The molecule has 1 fully saturated rings. The normalized spacial score (nSPS) is 15.7. The van der Waals surface area contributed by atoms with E-state index < -0.39 is 23.5 Å². The minimum absolute atomic E-state index is 0.0371. The van der Waals surface area contributed by atoms with Crippen molar-refractivity contribution in [3.8, 4) is 12.3 Å². The van der Waals surface area contributed by atoms with Gasteiger partial charge in [-0.3, -0.25) is 14.4 Å². The Morgan fingerprint density at radius 3 is 2.76 bits per heavy atom. The van der Waals surface area contributed by atoms with Crippen LogP contribution < -0.4 is 15.5 Å². The van der Waals surface area contributed by atoms with Crippen LogP contribution in [0.25, 0.3) is 0 Å². The Bertz CT molecular complexity index is 1010. The number of anilines is 2. The quantitative estimate of drug-likeness (QED) is 0.766. The Morgan fingerprint density at radius 2 is 2.03 bits per heavy atom. The number of hydrogen-bond donors (Lipinski definition) is 2. The van der Waals surface area contributed by atoms with Crippen molar-refractivity contribution in [1.29, 1.82) is 0 Å². The Morgan fingerprint density at radius 1 is 1.28 bits per heavy atom. The molecule has 29 heavy (non-hydrogen) atoms. The highest BCUT2D eigenvalue weighted by atomic mass is 19.1. The number of aryl methyl sites for hydroxylation is 1. The molecule has 3 rings (SSSR count). The monoisotopic (exact) mass is 393 g/mol. The molecule has 0 bridgehead atoms. The van der Waals surface area contributed by atoms with E-state index in [9.17, 15) is 18.8 Å². The largest absolute Gasteiger partial charge is 0.341 e. The van der Waals surface area contributed by atoms with Crippen molar-refractivity contribution in [2.75, 3.05) is 23.3 Å². The summed E-state index contributed by atoms with van der Waals surface area (Å²) in [4.78, 5) is 38.6. The maximum absolute atomic E-state index is 14.2. The second kappa shape index (κ2) is 8.57. The number of benzene rings is 2. The summed E-state index contributed by atoms with van der Waals surface area (Å²) in [6, 6.07) is 11.1. The first-order valence-corrected chi connectivity index (χ1v) is 9.08. The zero-order valence-corrected chi connectivity index (χ0v) is 15.9. The first-order valence-electron chi connectivity index (χ1n) is 9.08. The lowest BCUT2D eigenvalue weighted by Crippen LogP contribution is -2.30. The number of carbonyl (C=O) groups excluding carboxylic acids is 3. The number of nitrogens with zero attached hydrogens (tertiary/aromatic N) is 1. The van der Waals surface area contributed by atoms with Crippen molar-refractivity contribution in [3.63, 3.8) is 0 Å². The molecular weight excluding hydrogens is 373 g/mol. The van der Waals surface area contributed by atoms with Crippen LogP contribution in [0.2, 0.25) is 0 Å². The van der Waals surface area contributed by atoms with E-state index in [0.717, 1.165) is 5.56 Å². The second-order valence-corrected chi connectivity index (χ2v) is 6.78. The van der Waals surface area contributed by atoms with Gasteiger partial charge in [-0.1, -0.05) is 24.1 Å². The summed E-state index contributed by atoms with van der Waals surface area (Å²) >= 11 is 0. The standard InChI is InChI=1S/C22H20FN3O3/c1-3-10-24-22(29)16-6-4-5-7-18(16)25-21(28)15-12-20(27)26(13-15)19-9-8-14(2)11-17(19)23/h1,4-9,11,15H,10,12-13H2,2H3,(H,24,29)(H,25,28). The Labute approximate surface area is 168 Å². The molecule has 1 atom stereocenters. The second-order valence-electron chi connectivity index (χ2n) is 6.78. The number of para-hydroxylation sites is 1. The highest BCUT2D eigenvalue weighted by molar-refractivity contribution is 6.07. The van der Waals surface area contributed by atoms with Crippen LogP contribution in [0.3, 0.4) is 0 Å². The Hall–Kier alpha value is -3.66. The van der Waals surface area contributed by atoms with Crippen LogP contribution >= 0.6 is 0 Å². The number of hydrogen-bond acceptors (Lipinski definition) is 3. The summed E-state index contributed by atoms with van der Waals surface area (Å²) in [5.74, 6) is -0.00280. The van der Waals surface area contributed by atoms with Crippen molar-refractivity contribution in [2.45, 2.75) is 13.3 Å². The molecular formula is C22H20FN3O3. The fourth-order valence-electron chi connectivity index (χ4n) is 3.20. The number of halogens is 1. The van der Waals surface area contributed by atoms with Gasteiger partial charge in [-0.2, -0.15) is 0 Å². The molecule has 1 aliphatic heterocycles. The van der Waals surface area contributed by atoms with E-state index in [4.69, 9.17) is 6.42 Å². The average molecular weight is 393 g/mol. The molecule has 0 aliphatic carbocycles. The first-order chi connectivity index (χ1) is 13.9. The third-order valence-electron chi connectivity index (χ3n) is 4.67. The summed E-state index contributed by atoms with van der Waals surface area (Å²) in [6.45, 7) is 1.89. The van der Waals surface area contributed by atoms with Crippen molar-refractivity contribution >= 4 is 29.1 Å². The smallest absolute Gasteiger partial charge is 0.254 e. The number of rotatable bonds is 5. The van der Waals surface area contributed by atoms with E-state index in [2.05, 4.69) is 16.6 Å². The Kier molecular flexibility index (Phi) is 5.93. The number of amides is 3. The molecule has 2 N–H and O–H groups in total. The molecule has 0 radical (unpaired) electrons. The molecule has 7 heteroatoms. The van der Waals surface area contributed by atoms with Gasteiger partial charge < -0.3 is 15.5 Å². The zero-order valence-electron chi connectivity index (χ0n) is 15.9. The van der Waals surface area contributed by atoms with Crippen LogP contribution in [-0.4, -0.2) is 30.8 Å². The lowest BCUT2D eigenvalue weighted by molar-refractivity contribution is -0.122. The lowest BCUT2D eigenvalue weighted by Gasteiger charge is -2.18. The Balaban J connectivity index is 1.74. The van der Waals surface area contributed by atoms with Crippen LogP contribution in [0, 0.1) is 31.0 Å². The molecule has 1 aliphatic rings. The molecule has 148 valence electrons. The third-order valence-corrected chi connectivity index (χ3v) is 4.67. The van der Waals surface area contributed by atoms with Gasteiger partial charge in [0.25, 0.3) is 5.91 Å². The predicted molar refractivity (Wildman–Crippen MR) is 108 cm³/mol. The molecule has 1 saturated heterocycles. The number of terminal acetylenes is 1. The highest BCUT2D eigenvalue weighted by Gasteiger charge is 2.36. The van der Waals surface area contributed by atoms with Gasteiger partial charge in [0.15, 0.2) is 0 Å². The zero-order chi connectivity index (χ0) is 21.0. The van der Waals surface area contributed by atoms with Gasteiger partial charge in [0.1, 0.15) is 5.82 Å². The lowest BCUT2D eigenvalue weighted by atomic mass is 10.1. The van der Waals surface area contributed by atoms with Crippen molar-refractivity contribution in [1.82, 2.24) is 5.32 Å². The van der Waals surface area contributed by atoms with Crippen LogP contribution in [-0.2, 0) is 9.59 Å². The van der Waals surface area contributed by atoms with Gasteiger partial charge in [0.2, 0.25) is 11.8 Å². The number of nitrogens with one attached hydrogen (secondary N) is 2. The van der Waals surface area contributed by atoms with Gasteiger partial charge in [-0.05, 0) is 36.8 Å². The van der Waals surface area contributed by atoms with E-state index >= 15 is 0 Å². The number of carbonyl (C=O) groups is 3. The van der Waals surface area contributed by atoms with Crippen LogP contribution in [0.5, 0.6) is 0 Å². The van der Waals surface area contributed by atoms with E-state index in [1.165, 1.54) is 17.0 Å². The van der Waals surface area contributed by atoms with E-state index in [-0.39, 0.29) is 36.7 Å². The first kappa shape index (κ1) is 20.1. The van der Waals surface area contributed by atoms with Gasteiger partial charge in [-0.25, -0.2) is 4.39 Å². The van der Waals surface area contributed by atoms with Crippen LogP contribution in [0.4, 0.5) is 15.8 Å². The highest BCUT2D eigenvalue weighted by Crippen LogP contribution is 2.29. The fraction of sp³-hybridized carbons (Fsp3) is 0.227. The predicted octanol–water partition coefficient (Wildman–Crippen LogP) is 2.49. The maximum Gasteiger partial charge on any atom is 0.254 e. The van der Waals surface area contributed by atoms with Crippen molar-refractivity contribution in [3.05, 3.63) is 59.4 Å². The van der Waals surface area contributed by atoms with Crippen LogP contribution in [0.1, 0.15) is 22.3 Å². The molecule has 3 amide bonds. The molecule has 2 aromatic rings. The fourth-order valence-corrected chi connectivity index (χ4v) is 3.20.